The third-order valence-corrected chi connectivity index (χ3v) is 20.3. The number of benzene rings is 25. The van der Waals surface area contributed by atoms with Crippen molar-refractivity contribution in [2.24, 2.45) is 0 Å². The minimum absolute atomic E-state index is 0. The summed E-state index contributed by atoms with van der Waals surface area (Å²) in [5.41, 5.74) is 0. The Kier molecular flexibility index (Phi) is 4.16. The molecule has 25 aromatic carbocycles. The van der Waals surface area contributed by atoms with Gasteiger partial charge in [0.05, 0.1) is 0 Å². The molecule has 0 N–H and O–H groups in total. The second-order valence-corrected chi connectivity index (χ2v) is 22.7. The van der Waals surface area contributed by atoms with Crippen LogP contribution in [0.4, 0.5) is 0 Å². The van der Waals surface area contributed by atoms with Gasteiger partial charge in [-0.05, 0) is 331 Å². The fourth-order valence-corrected chi connectivity index (χ4v) is 18.6. The zero-order valence-corrected chi connectivity index (χ0v) is 39.1. The van der Waals surface area contributed by atoms with E-state index in [9.17, 15) is 0 Å². The van der Waals surface area contributed by atoms with Gasteiger partial charge in [-0.3, -0.25) is 0 Å². The molecule has 25 rings (SSSR count). The summed E-state index contributed by atoms with van der Waals surface area (Å²) in [4.78, 5) is 0. The Balaban J connectivity index is 0.00000353. The normalized spacial score (nSPS) is 14.6. The van der Waals surface area contributed by atoms with Gasteiger partial charge in [0.25, 0.3) is 0 Å². The van der Waals surface area contributed by atoms with Crippen LogP contribution in [0, 0.1) is 0 Å². The topological polar surface area (TPSA) is 0 Å². The summed E-state index contributed by atoms with van der Waals surface area (Å²) < 4.78 is 0. The van der Waals surface area contributed by atoms with Gasteiger partial charge < -0.3 is 0 Å². The van der Waals surface area contributed by atoms with Gasteiger partial charge in [0.2, 0.25) is 0 Å². The average molecular weight is 959 g/mol. The molecule has 0 aliphatic carbocycles. The van der Waals surface area contributed by atoms with Crippen LogP contribution in [0.1, 0.15) is 0 Å². The van der Waals surface area contributed by atoms with Crippen molar-refractivity contribution in [2.45, 2.75) is 0 Å². The van der Waals surface area contributed by atoms with Crippen LogP contribution < -0.4 is 0 Å². The second kappa shape index (κ2) is 9.10. The molecule has 0 fully saturated rings. The van der Waals surface area contributed by atoms with E-state index in [-0.39, 0.29) is 21.1 Å². The first-order valence-corrected chi connectivity index (χ1v) is 25.2. The number of rotatable bonds is 0. The molecule has 0 nitrogen and oxygen atoms in total. The molecule has 0 aliphatic heterocycles. The molecule has 0 bridgehead atoms. The van der Waals surface area contributed by atoms with Crippen molar-refractivity contribution >= 4 is 259 Å². The maximum atomic E-state index is 2.58. The molecule has 0 heterocycles. The first-order chi connectivity index (χ1) is 34.7. The van der Waals surface area contributed by atoms with Crippen LogP contribution in [0.15, 0.2) is 133 Å². The number of hydrogen-bond donors (Lipinski definition) is 0. The van der Waals surface area contributed by atoms with E-state index in [0.717, 1.165) is 0 Å². The minimum Gasteiger partial charge on any atom is -0.0610 e. The SMILES string of the molecule is [Mo].c1cc2cc3cc4cc5ccc6cc7cc8cc9cccc%10cc%11cc%12cc%13ccc%14cc%15cc%16cc(c1)c2c1c3c2c4c3c5c6c4c7c5c8c(c9%10)c%11c6c%12c7c%13c%14c8c%15c(c%161)c2c1c3c4c(c56)c7c81. The quantitative estimate of drug-likeness (QED) is 0.0807. The Morgan fingerprint density at radius 3 is 0.437 bits per heavy atom. The predicted octanol–water partition coefficient (Wildman–Crippen LogP) is 20.4. The molecule has 25 aromatic rings. The molecule has 0 amide bonds. The Labute approximate surface area is 410 Å². The van der Waals surface area contributed by atoms with Crippen molar-refractivity contribution in [1.29, 1.82) is 0 Å². The van der Waals surface area contributed by atoms with Crippen molar-refractivity contribution in [3.8, 4) is 0 Å². The molecule has 0 saturated heterocycles. The summed E-state index contributed by atoms with van der Waals surface area (Å²) in [6.45, 7) is 0. The van der Waals surface area contributed by atoms with E-state index >= 15 is 0 Å². The number of hydrogen-bond acceptors (Lipinski definition) is 0. The molecule has 0 saturated carbocycles. The van der Waals surface area contributed by atoms with Crippen LogP contribution in [0.25, 0.3) is 259 Å². The summed E-state index contributed by atoms with van der Waals surface area (Å²) >= 11 is 0. The van der Waals surface area contributed by atoms with Crippen LogP contribution in [0.3, 0.4) is 0 Å². The average Bonchev–Trinajstić information content (AvgIpc) is 3.44. The van der Waals surface area contributed by atoms with Gasteiger partial charge in [0.15, 0.2) is 0 Å². The summed E-state index contributed by atoms with van der Waals surface area (Å²) in [6, 6.07) is 54.7. The fourth-order valence-electron chi connectivity index (χ4n) is 18.6. The smallest absolute Gasteiger partial charge is 0 e. The van der Waals surface area contributed by atoms with Crippen molar-refractivity contribution in [2.75, 3.05) is 0 Å². The predicted molar refractivity (Wildman–Crippen MR) is 306 cm³/mol. The first kappa shape index (κ1) is 32.4. The van der Waals surface area contributed by atoms with Gasteiger partial charge in [0, 0.05) is 21.1 Å². The Morgan fingerprint density at radius 2 is 0.239 bits per heavy atom. The van der Waals surface area contributed by atoms with Crippen molar-refractivity contribution in [1.82, 2.24) is 0 Å². The van der Waals surface area contributed by atoms with E-state index in [1.807, 2.05) is 0 Å². The molecule has 0 atom stereocenters. The summed E-state index contributed by atoms with van der Waals surface area (Å²) in [5, 5.41) is 69.3. The fraction of sp³-hybridized carbons (Fsp3) is 0. The van der Waals surface area contributed by atoms with E-state index in [0.29, 0.717) is 0 Å². The molecule has 71 heavy (non-hydrogen) atoms. The van der Waals surface area contributed by atoms with Gasteiger partial charge in [-0.25, -0.2) is 0 Å². The third kappa shape index (κ3) is 2.68. The molecule has 308 valence electrons. The second-order valence-electron chi connectivity index (χ2n) is 22.7. The summed E-state index contributed by atoms with van der Waals surface area (Å²) in [6.07, 6.45) is 0. The van der Waals surface area contributed by atoms with Gasteiger partial charge >= 0.3 is 0 Å². The molecule has 1 heteroatoms. The zero-order chi connectivity index (χ0) is 43.3. The molecule has 0 spiro atoms. The van der Waals surface area contributed by atoms with Gasteiger partial charge in [-0.2, -0.15) is 0 Å². The van der Waals surface area contributed by atoms with E-state index in [4.69, 9.17) is 0 Å². The molecular weight excluding hydrogens is 937 g/mol. The van der Waals surface area contributed by atoms with E-state index < -0.39 is 0 Å². The van der Waals surface area contributed by atoms with Crippen LogP contribution >= 0.6 is 0 Å². The maximum Gasteiger partial charge on any atom is 0 e. The summed E-state index contributed by atoms with van der Waals surface area (Å²) in [5.74, 6) is 0. The van der Waals surface area contributed by atoms with Crippen molar-refractivity contribution in [3.63, 3.8) is 0 Å². The Bertz CT molecular complexity index is 5920. The summed E-state index contributed by atoms with van der Waals surface area (Å²) in [7, 11) is 0. The van der Waals surface area contributed by atoms with Gasteiger partial charge in [0.1, 0.15) is 0 Å². The largest absolute Gasteiger partial charge is 0.0610 e. The van der Waals surface area contributed by atoms with Crippen LogP contribution in [0.2, 0.25) is 0 Å². The molecule has 0 aromatic heterocycles. The van der Waals surface area contributed by atoms with Crippen LogP contribution in [-0.2, 0) is 21.1 Å². The first-order valence-electron chi connectivity index (χ1n) is 25.2. The van der Waals surface area contributed by atoms with Gasteiger partial charge in [-0.15, -0.1) is 0 Å². The molecule has 0 radical (unpaired) electrons. The van der Waals surface area contributed by atoms with Crippen molar-refractivity contribution in [3.05, 3.63) is 133 Å². The van der Waals surface area contributed by atoms with Crippen LogP contribution in [-0.4, -0.2) is 0 Å². The van der Waals surface area contributed by atoms with E-state index in [1.165, 1.54) is 259 Å². The molecule has 0 unspecified atom stereocenters. The zero-order valence-electron chi connectivity index (χ0n) is 37.1. The monoisotopic (exact) mass is 960 g/mol. The Morgan fingerprint density at radius 1 is 0.113 bits per heavy atom. The van der Waals surface area contributed by atoms with E-state index in [1.54, 1.807) is 0 Å². The standard InChI is InChI=1S/C70H22.Mo/c1-3-23-11-31-19-35-15-27-7-9-29-17-37-21-33-13-25-5-2-6-26-14-34-22-38-18-30-10-8-28-16-36-20-32-12-24(4-1)39(23)53-45(31)59-49(35)55-41(27)43(29)57-51(37)61-47(33)54(40(25)26)48(34)62-52(38)58-44(30)42(28)56-50(36)60(46(32)53)63(59)69-65(55)67(57)70(64(61)62)68(58)66(56)69;/h1-22H;. The Hall–Kier alpha value is -8.41. The van der Waals surface area contributed by atoms with Gasteiger partial charge in [-0.1, -0.05) is 60.7 Å². The molecular formula is C70H22Mo. The minimum atomic E-state index is 0. The maximum absolute atomic E-state index is 2.58. The van der Waals surface area contributed by atoms with Crippen molar-refractivity contribution < 1.29 is 21.1 Å². The third-order valence-electron chi connectivity index (χ3n) is 20.3. The van der Waals surface area contributed by atoms with Crippen LogP contribution in [0.5, 0.6) is 0 Å². The van der Waals surface area contributed by atoms with E-state index in [2.05, 4.69) is 133 Å². The molecule has 0 aliphatic rings.